The quantitative estimate of drug-likeness (QED) is 0.497. The van der Waals surface area contributed by atoms with Gasteiger partial charge in [-0.15, -0.1) is 0 Å². The van der Waals surface area contributed by atoms with Crippen molar-refractivity contribution in [3.8, 4) is 0 Å². The zero-order valence-electron chi connectivity index (χ0n) is 8.42. The van der Waals surface area contributed by atoms with Crippen LogP contribution in [0.25, 0.3) is 0 Å². The Kier molecular flexibility index (Phi) is 3.09. The average molecular weight is 184 g/mol. The first-order chi connectivity index (χ1) is 6.08. The molecule has 1 rings (SSSR count). The Morgan fingerprint density at radius 2 is 2.23 bits per heavy atom. The van der Waals surface area contributed by atoms with Gasteiger partial charge in [0.05, 0.1) is 6.61 Å². The van der Waals surface area contributed by atoms with Crippen LogP contribution in [0.2, 0.25) is 0 Å². The fourth-order valence-corrected chi connectivity index (χ4v) is 1.21. The van der Waals surface area contributed by atoms with E-state index in [1.54, 1.807) is 0 Å². The highest BCUT2D eigenvalue weighted by atomic mass is 16.7. The van der Waals surface area contributed by atoms with Crippen molar-refractivity contribution in [2.24, 2.45) is 0 Å². The van der Waals surface area contributed by atoms with Crippen LogP contribution in [0.1, 0.15) is 33.6 Å². The molecule has 1 aliphatic heterocycles. The number of allylic oxidation sites excluding steroid dienone is 1. The molecular formula is C10H16O3. The van der Waals surface area contributed by atoms with Gasteiger partial charge in [-0.3, -0.25) is 0 Å². The predicted octanol–water partition coefficient (Wildman–Crippen LogP) is 2.02. The van der Waals surface area contributed by atoms with Gasteiger partial charge in [0, 0.05) is 18.9 Å². The number of hydrogen-bond donors (Lipinski definition) is 0. The Morgan fingerprint density at radius 1 is 1.62 bits per heavy atom. The lowest BCUT2D eigenvalue weighted by Gasteiger charge is -2.39. The molecule has 1 unspecified atom stereocenters. The Morgan fingerprint density at radius 3 is 2.54 bits per heavy atom. The molecule has 0 amide bonds. The normalized spacial score (nSPS) is 26.1. The fraction of sp³-hybridized carbons (Fsp3) is 0.700. The Bertz CT molecular complexity index is 217. The minimum Gasteiger partial charge on any atom is -0.430 e. The van der Waals surface area contributed by atoms with Gasteiger partial charge in [-0.25, -0.2) is 4.79 Å². The smallest absolute Gasteiger partial charge is 0.333 e. The van der Waals surface area contributed by atoms with Crippen molar-refractivity contribution in [3.05, 3.63) is 11.6 Å². The van der Waals surface area contributed by atoms with Crippen LogP contribution in [0, 0.1) is 0 Å². The van der Waals surface area contributed by atoms with Gasteiger partial charge in [-0.1, -0.05) is 12.5 Å². The first-order valence-electron chi connectivity index (χ1n) is 4.60. The van der Waals surface area contributed by atoms with Crippen molar-refractivity contribution in [1.82, 2.24) is 0 Å². The molecule has 3 heteroatoms. The van der Waals surface area contributed by atoms with E-state index in [0.29, 0.717) is 6.61 Å². The number of rotatable bonds is 3. The van der Waals surface area contributed by atoms with E-state index in [9.17, 15) is 4.79 Å². The SMILES string of the molecule is CCC1(OC(=O)C=C(C)C)CCO1. The molecular weight excluding hydrogens is 168 g/mol. The van der Waals surface area contributed by atoms with Crippen LogP contribution in [0.3, 0.4) is 0 Å². The van der Waals surface area contributed by atoms with Crippen LogP contribution in [0.5, 0.6) is 0 Å². The van der Waals surface area contributed by atoms with Gasteiger partial charge in [-0.2, -0.15) is 0 Å². The van der Waals surface area contributed by atoms with Crippen molar-refractivity contribution in [3.63, 3.8) is 0 Å². The topological polar surface area (TPSA) is 35.5 Å². The van der Waals surface area contributed by atoms with Crippen molar-refractivity contribution >= 4 is 5.97 Å². The van der Waals surface area contributed by atoms with Crippen molar-refractivity contribution in [1.29, 1.82) is 0 Å². The number of ether oxygens (including phenoxy) is 2. The number of carbonyl (C=O) groups is 1. The monoisotopic (exact) mass is 184 g/mol. The highest BCUT2D eigenvalue weighted by Crippen LogP contribution is 2.31. The summed E-state index contributed by atoms with van der Waals surface area (Å²) in [6.45, 7) is 6.37. The molecule has 0 aromatic carbocycles. The summed E-state index contributed by atoms with van der Waals surface area (Å²) in [5.74, 6) is -0.926. The predicted molar refractivity (Wildman–Crippen MR) is 49.1 cm³/mol. The Hall–Kier alpha value is -0.830. The third-order valence-electron chi connectivity index (χ3n) is 2.08. The van der Waals surface area contributed by atoms with E-state index in [0.717, 1.165) is 18.4 Å². The van der Waals surface area contributed by atoms with Gasteiger partial charge in [0.1, 0.15) is 0 Å². The van der Waals surface area contributed by atoms with Gasteiger partial charge in [-0.05, 0) is 13.8 Å². The first-order valence-corrected chi connectivity index (χ1v) is 4.60. The summed E-state index contributed by atoms with van der Waals surface area (Å²) < 4.78 is 10.4. The zero-order chi connectivity index (χ0) is 9.90. The molecule has 0 aliphatic carbocycles. The molecule has 1 atom stereocenters. The average Bonchev–Trinajstić information content (AvgIpc) is 1.95. The second-order valence-electron chi connectivity index (χ2n) is 3.51. The molecule has 0 N–H and O–H groups in total. The molecule has 0 aromatic rings. The molecule has 3 nitrogen and oxygen atoms in total. The number of carbonyl (C=O) groups excluding carboxylic acids is 1. The second-order valence-corrected chi connectivity index (χ2v) is 3.51. The highest BCUT2D eigenvalue weighted by Gasteiger charge is 2.40. The second kappa shape index (κ2) is 3.92. The summed E-state index contributed by atoms with van der Waals surface area (Å²) in [5.41, 5.74) is 0.940. The molecule has 0 saturated carbocycles. The Labute approximate surface area is 78.7 Å². The lowest BCUT2D eigenvalue weighted by molar-refractivity contribution is -0.290. The van der Waals surface area contributed by atoms with Gasteiger partial charge in [0.15, 0.2) is 0 Å². The molecule has 0 spiro atoms. The molecule has 1 saturated heterocycles. The number of hydrogen-bond acceptors (Lipinski definition) is 3. The van der Waals surface area contributed by atoms with Crippen LogP contribution in [-0.4, -0.2) is 18.4 Å². The maximum absolute atomic E-state index is 11.2. The molecule has 0 aromatic heterocycles. The van der Waals surface area contributed by atoms with Gasteiger partial charge >= 0.3 is 5.97 Å². The van der Waals surface area contributed by atoms with E-state index in [1.165, 1.54) is 6.08 Å². The first kappa shape index (κ1) is 10.3. The van der Waals surface area contributed by atoms with Crippen LogP contribution in [0.4, 0.5) is 0 Å². The van der Waals surface area contributed by atoms with Crippen molar-refractivity contribution < 1.29 is 14.3 Å². The molecule has 13 heavy (non-hydrogen) atoms. The third-order valence-corrected chi connectivity index (χ3v) is 2.08. The summed E-state index contributed by atoms with van der Waals surface area (Å²) in [4.78, 5) is 11.2. The zero-order valence-corrected chi connectivity index (χ0v) is 8.42. The lowest BCUT2D eigenvalue weighted by Crippen LogP contribution is -2.46. The summed E-state index contributed by atoms with van der Waals surface area (Å²) in [7, 11) is 0. The van der Waals surface area contributed by atoms with Crippen LogP contribution >= 0.6 is 0 Å². The van der Waals surface area contributed by atoms with Crippen LogP contribution < -0.4 is 0 Å². The molecule has 1 aliphatic rings. The maximum Gasteiger partial charge on any atom is 0.333 e. The van der Waals surface area contributed by atoms with E-state index in [-0.39, 0.29) is 5.97 Å². The number of esters is 1. The fourth-order valence-electron chi connectivity index (χ4n) is 1.21. The summed E-state index contributed by atoms with van der Waals surface area (Å²) in [6, 6.07) is 0. The molecule has 74 valence electrons. The maximum atomic E-state index is 11.2. The molecule has 1 heterocycles. The van der Waals surface area contributed by atoms with Gasteiger partial charge < -0.3 is 9.47 Å². The van der Waals surface area contributed by atoms with E-state index in [2.05, 4.69) is 0 Å². The Balaban J connectivity index is 2.47. The summed E-state index contributed by atoms with van der Waals surface area (Å²) >= 11 is 0. The van der Waals surface area contributed by atoms with Crippen LogP contribution in [0.15, 0.2) is 11.6 Å². The van der Waals surface area contributed by atoms with E-state index in [1.807, 2.05) is 20.8 Å². The van der Waals surface area contributed by atoms with E-state index < -0.39 is 5.79 Å². The van der Waals surface area contributed by atoms with Gasteiger partial charge in [0.2, 0.25) is 5.79 Å². The highest BCUT2D eigenvalue weighted by molar-refractivity contribution is 5.82. The van der Waals surface area contributed by atoms with Gasteiger partial charge in [0.25, 0.3) is 0 Å². The third kappa shape index (κ3) is 2.56. The minimum absolute atomic E-state index is 0.304. The van der Waals surface area contributed by atoms with Crippen LogP contribution in [-0.2, 0) is 14.3 Å². The molecule has 1 fully saturated rings. The summed E-state index contributed by atoms with van der Waals surface area (Å²) in [5, 5.41) is 0. The largest absolute Gasteiger partial charge is 0.430 e. The van der Waals surface area contributed by atoms with E-state index in [4.69, 9.17) is 9.47 Å². The standard InChI is InChI=1S/C10H16O3/c1-4-10(5-6-12-10)13-9(11)7-8(2)3/h7H,4-6H2,1-3H3. The minimum atomic E-state index is -0.622. The molecule has 0 bridgehead atoms. The molecule has 0 radical (unpaired) electrons. The lowest BCUT2D eigenvalue weighted by atomic mass is 10.1. The van der Waals surface area contributed by atoms with Crippen molar-refractivity contribution in [2.75, 3.05) is 6.61 Å². The van der Waals surface area contributed by atoms with Crippen molar-refractivity contribution in [2.45, 2.75) is 39.4 Å². The van der Waals surface area contributed by atoms with E-state index >= 15 is 0 Å². The summed E-state index contributed by atoms with van der Waals surface area (Å²) in [6.07, 6.45) is 3.01.